The summed E-state index contributed by atoms with van der Waals surface area (Å²) < 4.78 is 10.6. The van der Waals surface area contributed by atoms with Gasteiger partial charge >= 0.3 is 11.3 Å². The van der Waals surface area contributed by atoms with Crippen molar-refractivity contribution >= 4 is 21.9 Å². The predicted molar refractivity (Wildman–Crippen MR) is 113 cm³/mol. The summed E-state index contributed by atoms with van der Waals surface area (Å²) in [7, 11) is 0. The van der Waals surface area contributed by atoms with Crippen LogP contribution in [0.15, 0.2) is 54.8 Å². The van der Waals surface area contributed by atoms with E-state index in [-0.39, 0.29) is 21.9 Å². The van der Waals surface area contributed by atoms with Gasteiger partial charge in [-0.3, -0.25) is 0 Å². The molecular weight excluding hydrogens is 404 g/mol. The molecule has 0 spiro atoms. The minimum Gasteiger partial charge on any atom is -0.507 e. The van der Waals surface area contributed by atoms with Gasteiger partial charge in [-0.05, 0) is 38.1 Å². The van der Waals surface area contributed by atoms with Gasteiger partial charge in [0, 0.05) is 0 Å². The van der Waals surface area contributed by atoms with Crippen molar-refractivity contribution in [3.63, 3.8) is 0 Å². The van der Waals surface area contributed by atoms with Crippen molar-refractivity contribution in [1.82, 2.24) is 0 Å². The lowest BCUT2D eigenvalue weighted by molar-refractivity contribution is 0.0795. The van der Waals surface area contributed by atoms with Gasteiger partial charge in [-0.25, -0.2) is 9.59 Å². The zero-order valence-electron chi connectivity index (χ0n) is 16.7. The summed E-state index contributed by atoms with van der Waals surface area (Å²) in [4.78, 5) is 25.6. The van der Waals surface area contributed by atoms with Crippen LogP contribution >= 0.6 is 0 Å². The summed E-state index contributed by atoms with van der Waals surface area (Å²) in [6, 6.07) is 9.56. The van der Waals surface area contributed by atoms with Crippen molar-refractivity contribution < 1.29 is 29.3 Å². The van der Waals surface area contributed by atoms with Crippen LogP contribution in [0.1, 0.15) is 28.2 Å². The minimum absolute atomic E-state index is 0.111. The zero-order valence-corrected chi connectivity index (χ0v) is 16.7. The molecule has 0 radical (unpaired) electrons. The maximum Gasteiger partial charge on any atom is 0.343 e. The topological polar surface area (TPSA) is 141 Å². The molecule has 8 nitrogen and oxygen atoms in total. The molecule has 8 heteroatoms. The van der Waals surface area contributed by atoms with E-state index in [1.807, 2.05) is 0 Å². The molecule has 0 saturated carbocycles. The third kappa shape index (κ3) is 3.35. The normalized spacial score (nSPS) is 12.7. The lowest BCUT2D eigenvalue weighted by atomic mass is 9.86. The molecule has 4 rings (SSSR count). The number of aromatic hydroxyl groups is 2. The first-order chi connectivity index (χ1) is 14.7. The quantitative estimate of drug-likeness (QED) is 0.366. The molecule has 0 aliphatic rings. The molecule has 2 heterocycles. The van der Waals surface area contributed by atoms with E-state index in [4.69, 9.17) is 8.83 Å². The highest BCUT2D eigenvalue weighted by atomic mass is 16.4. The Labute approximate surface area is 175 Å². The smallest absolute Gasteiger partial charge is 0.343 e. The molecule has 4 aromatic rings. The fourth-order valence-corrected chi connectivity index (χ4v) is 3.81. The van der Waals surface area contributed by atoms with Crippen LogP contribution < -0.4 is 11.3 Å². The highest BCUT2D eigenvalue weighted by Gasteiger charge is 2.35. The fraction of sp³-hybridized carbons (Fsp3) is 0.217. The monoisotopic (exact) mass is 424 g/mol. The summed E-state index contributed by atoms with van der Waals surface area (Å²) in [5, 5.41) is 42.3. The van der Waals surface area contributed by atoms with Crippen LogP contribution in [-0.2, 0) is 0 Å². The van der Waals surface area contributed by atoms with Crippen molar-refractivity contribution in [2.75, 3.05) is 6.61 Å². The number of benzene rings is 2. The van der Waals surface area contributed by atoms with E-state index in [0.717, 1.165) is 11.1 Å². The second kappa shape index (κ2) is 7.57. The number of hydrogen-bond acceptors (Lipinski definition) is 8. The second-order valence-electron chi connectivity index (χ2n) is 7.53. The molecule has 0 fully saturated rings. The van der Waals surface area contributed by atoms with Crippen molar-refractivity contribution in [1.29, 1.82) is 0 Å². The summed E-state index contributed by atoms with van der Waals surface area (Å²) in [5.74, 6) is -2.64. The third-order valence-corrected chi connectivity index (χ3v) is 5.33. The van der Waals surface area contributed by atoms with Gasteiger partial charge < -0.3 is 29.3 Å². The van der Waals surface area contributed by atoms with Gasteiger partial charge in [0.05, 0.1) is 40.5 Å². The van der Waals surface area contributed by atoms with Crippen LogP contribution in [-0.4, -0.2) is 33.1 Å². The minimum atomic E-state index is -1.72. The van der Waals surface area contributed by atoms with Crippen LogP contribution in [0.5, 0.6) is 11.5 Å². The highest BCUT2D eigenvalue weighted by Crippen LogP contribution is 2.40. The third-order valence-electron chi connectivity index (χ3n) is 5.33. The van der Waals surface area contributed by atoms with Crippen LogP contribution in [0.2, 0.25) is 0 Å². The number of rotatable bonds is 4. The number of aliphatic hydroxyl groups is 2. The Bertz CT molecular complexity index is 1320. The Morgan fingerprint density at radius 2 is 1.23 bits per heavy atom. The molecule has 0 amide bonds. The number of fused-ring (bicyclic) bond motifs is 2. The lowest BCUT2D eigenvalue weighted by Crippen LogP contribution is -2.31. The van der Waals surface area contributed by atoms with Crippen molar-refractivity contribution in [3.05, 3.63) is 79.5 Å². The van der Waals surface area contributed by atoms with Gasteiger partial charge in [-0.2, -0.15) is 0 Å². The molecule has 4 N–H and O–H groups in total. The molecule has 0 aliphatic heterocycles. The number of hydrogen-bond donors (Lipinski definition) is 4. The molecule has 160 valence electrons. The average Bonchev–Trinajstić information content (AvgIpc) is 2.73. The largest absolute Gasteiger partial charge is 0.507 e. The molecule has 2 aromatic heterocycles. The predicted octanol–water partition coefficient (Wildman–Crippen LogP) is 2.41. The van der Waals surface area contributed by atoms with Crippen LogP contribution in [0.25, 0.3) is 21.9 Å². The van der Waals surface area contributed by atoms with Gasteiger partial charge in [-0.15, -0.1) is 0 Å². The molecule has 0 saturated heterocycles. The van der Waals surface area contributed by atoms with E-state index in [1.165, 1.54) is 12.1 Å². The van der Waals surface area contributed by atoms with E-state index in [2.05, 4.69) is 0 Å². The second-order valence-corrected chi connectivity index (χ2v) is 7.53. The Hall–Kier alpha value is -3.62. The summed E-state index contributed by atoms with van der Waals surface area (Å²) in [5.41, 5.74) is -1.21. The van der Waals surface area contributed by atoms with Gasteiger partial charge in [0.2, 0.25) is 0 Å². The van der Waals surface area contributed by atoms with E-state index in [9.17, 15) is 30.0 Å². The van der Waals surface area contributed by atoms with Gasteiger partial charge in [0.1, 0.15) is 22.7 Å². The first-order valence-electron chi connectivity index (χ1n) is 9.54. The fourth-order valence-electron chi connectivity index (χ4n) is 3.81. The molecule has 31 heavy (non-hydrogen) atoms. The molecule has 1 atom stereocenters. The number of aryl methyl sites for hydroxylation is 2. The summed E-state index contributed by atoms with van der Waals surface area (Å²) in [6.45, 7) is 2.69. The Balaban J connectivity index is 2.10. The summed E-state index contributed by atoms with van der Waals surface area (Å²) >= 11 is 0. The van der Waals surface area contributed by atoms with Gasteiger partial charge in [0.25, 0.3) is 0 Å². The SMILES string of the molecule is Cc1ccc2oc(=O)c(C(c3c(O)c4cc(C)ccc4oc3=O)C(O)CO)c(O)c2c1. The Morgan fingerprint density at radius 1 is 0.806 bits per heavy atom. The van der Waals surface area contributed by atoms with Gasteiger partial charge in [0.15, 0.2) is 0 Å². The van der Waals surface area contributed by atoms with Crippen molar-refractivity contribution in [3.8, 4) is 11.5 Å². The lowest BCUT2D eigenvalue weighted by Gasteiger charge is -2.22. The standard InChI is InChI=1S/C23H20O8/c1-10-3-5-15-12(7-10)20(26)18(22(28)30-15)17(14(25)9-24)19-21(27)13-8-11(2)4-6-16(13)31-23(19)29/h3-8,14,17,24-27H,9H2,1-2H3. The Kier molecular flexibility index (Phi) is 5.04. The van der Waals surface area contributed by atoms with Gasteiger partial charge in [-0.1, -0.05) is 23.3 Å². The first kappa shape index (κ1) is 20.6. The van der Waals surface area contributed by atoms with E-state index in [0.29, 0.717) is 0 Å². The first-order valence-corrected chi connectivity index (χ1v) is 9.54. The van der Waals surface area contributed by atoms with Crippen LogP contribution in [0.3, 0.4) is 0 Å². The van der Waals surface area contributed by atoms with Crippen LogP contribution in [0, 0.1) is 13.8 Å². The average molecular weight is 424 g/mol. The number of aliphatic hydroxyl groups excluding tert-OH is 2. The maximum atomic E-state index is 12.8. The van der Waals surface area contributed by atoms with E-state index >= 15 is 0 Å². The molecular formula is C23H20O8. The molecule has 0 bridgehead atoms. The molecule has 2 aromatic carbocycles. The zero-order chi connectivity index (χ0) is 22.4. The summed E-state index contributed by atoms with van der Waals surface area (Å²) in [6.07, 6.45) is -1.72. The highest BCUT2D eigenvalue weighted by molar-refractivity contribution is 5.87. The van der Waals surface area contributed by atoms with E-state index < -0.39 is 52.5 Å². The van der Waals surface area contributed by atoms with Crippen LogP contribution in [0.4, 0.5) is 0 Å². The maximum absolute atomic E-state index is 12.8. The van der Waals surface area contributed by atoms with E-state index in [1.54, 1.807) is 38.1 Å². The Morgan fingerprint density at radius 3 is 1.61 bits per heavy atom. The molecule has 0 aliphatic carbocycles. The van der Waals surface area contributed by atoms with Crippen molar-refractivity contribution in [2.45, 2.75) is 25.9 Å². The van der Waals surface area contributed by atoms with Crippen molar-refractivity contribution in [2.24, 2.45) is 0 Å². The molecule has 1 unspecified atom stereocenters.